The molecule has 2 rings (SSSR count). The third-order valence-electron chi connectivity index (χ3n) is 2.36. The molecule has 0 unspecified atom stereocenters. The molecule has 18 heavy (non-hydrogen) atoms. The van der Waals surface area contributed by atoms with Crippen molar-refractivity contribution in [1.82, 2.24) is 4.72 Å². The molecular formula is C10H11FN2O4S. The van der Waals surface area contributed by atoms with Gasteiger partial charge < -0.3 is 5.11 Å². The van der Waals surface area contributed by atoms with Crippen molar-refractivity contribution in [2.45, 2.75) is 18.9 Å². The Morgan fingerprint density at radius 1 is 1.39 bits per heavy atom. The van der Waals surface area contributed by atoms with E-state index in [1.807, 2.05) is 4.72 Å². The van der Waals surface area contributed by atoms with Gasteiger partial charge in [-0.3, -0.25) is 4.72 Å². The molecule has 0 radical (unpaired) electrons. The molecule has 3 N–H and O–H groups in total. The van der Waals surface area contributed by atoms with Crippen LogP contribution >= 0.6 is 0 Å². The highest BCUT2D eigenvalue weighted by Gasteiger charge is 2.27. The first-order valence-electron chi connectivity index (χ1n) is 5.20. The van der Waals surface area contributed by atoms with Crippen molar-refractivity contribution >= 4 is 21.9 Å². The van der Waals surface area contributed by atoms with Gasteiger partial charge in [-0.15, -0.1) is 0 Å². The fourth-order valence-electron chi connectivity index (χ4n) is 1.38. The van der Waals surface area contributed by atoms with Crippen molar-refractivity contribution in [3.05, 3.63) is 29.6 Å². The first-order chi connectivity index (χ1) is 8.37. The third kappa shape index (κ3) is 3.17. The molecule has 1 aromatic rings. The van der Waals surface area contributed by atoms with Gasteiger partial charge in [-0.1, -0.05) is 0 Å². The van der Waals surface area contributed by atoms with Gasteiger partial charge in [-0.25, -0.2) is 9.18 Å². The molecule has 0 bridgehead atoms. The fourth-order valence-corrected chi connectivity index (χ4v) is 2.57. The number of anilines is 1. The largest absolute Gasteiger partial charge is 0.478 e. The van der Waals surface area contributed by atoms with E-state index in [1.165, 1.54) is 0 Å². The molecule has 1 saturated carbocycles. The summed E-state index contributed by atoms with van der Waals surface area (Å²) in [6.45, 7) is 0. The SMILES string of the molecule is O=C(O)c1ccc(F)cc1NS(=O)(=O)NC1CC1. The van der Waals surface area contributed by atoms with E-state index in [-0.39, 0.29) is 17.3 Å². The molecule has 8 heteroatoms. The first kappa shape index (κ1) is 12.8. The number of halogens is 1. The van der Waals surface area contributed by atoms with Crippen LogP contribution in [0.5, 0.6) is 0 Å². The topological polar surface area (TPSA) is 95.5 Å². The van der Waals surface area contributed by atoms with Crippen LogP contribution in [-0.4, -0.2) is 25.5 Å². The summed E-state index contributed by atoms with van der Waals surface area (Å²) in [5.41, 5.74) is -0.603. The zero-order valence-corrected chi connectivity index (χ0v) is 10.00. The Morgan fingerprint density at radius 2 is 2.06 bits per heavy atom. The van der Waals surface area contributed by atoms with Gasteiger partial charge in [-0.05, 0) is 31.0 Å². The summed E-state index contributed by atoms with van der Waals surface area (Å²) in [5.74, 6) is -2.05. The lowest BCUT2D eigenvalue weighted by atomic mass is 10.2. The van der Waals surface area contributed by atoms with Crippen LogP contribution < -0.4 is 9.44 Å². The maximum Gasteiger partial charge on any atom is 0.337 e. The van der Waals surface area contributed by atoms with E-state index < -0.39 is 22.0 Å². The number of carboxylic acid groups (broad SMARTS) is 1. The molecule has 0 saturated heterocycles. The molecule has 0 aromatic heterocycles. The van der Waals surface area contributed by atoms with Crippen molar-refractivity contribution < 1.29 is 22.7 Å². The maximum atomic E-state index is 13.0. The molecule has 0 atom stereocenters. The Balaban J connectivity index is 2.26. The third-order valence-corrected chi connectivity index (χ3v) is 3.49. The van der Waals surface area contributed by atoms with E-state index in [4.69, 9.17) is 5.11 Å². The van der Waals surface area contributed by atoms with Crippen LogP contribution in [0.25, 0.3) is 0 Å². The van der Waals surface area contributed by atoms with E-state index in [1.54, 1.807) is 0 Å². The Labute approximate surface area is 103 Å². The summed E-state index contributed by atoms with van der Waals surface area (Å²) in [5, 5.41) is 8.87. The molecule has 0 spiro atoms. The highest BCUT2D eigenvalue weighted by molar-refractivity contribution is 7.90. The molecule has 1 aromatic carbocycles. The summed E-state index contributed by atoms with van der Waals surface area (Å²) in [6.07, 6.45) is 1.49. The van der Waals surface area contributed by atoms with Gasteiger partial charge in [0.05, 0.1) is 11.3 Å². The predicted molar refractivity (Wildman–Crippen MR) is 62.1 cm³/mol. The number of carboxylic acids is 1. The summed E-state index contributed by atoms with van der Waals surface area (Å²) in [4.78, 5) is 10.9. The predicted octanol–water partition coefficient (Wildman–Crippen LogP) is 0.933. The molecular weight excluding hydrogens is 263 g/mol. The van der Waals surface area contributed by atoms with E-state index in [9.17, 15) is 17.6 Å². The number of rotatable bonds is 5. The van der Waals surface area contributed by atoms with E-state index in [0.717, 1.165) is 31.0 Å². The number of benzene rings is 1. The van der Waals surface area contributed by atoms with Gasteiger partial charge in [-0.2, -0.15) is 13.1 Å². The molecule has 1 aliphatic carbocycles. The summed E-state index contributed by atoms with van der Waals surface area (Å²) >= 11 is 0. The molecule has 0 amide bonds. The van der Waals surface area contributed by atoms with Crippen molar-refractivity contribution in [2.75, 3.05) is 4.72 Å². The Hall–Kier alpha value is -1.67. The highest BCUT2D eigenvalue weighted by Crippen LogP contribution is 2.22. The lowest BCUT2D eigenvalue weighted by Crippen LogP contribution is -2.32. The van der Waals surface area contributed by atoms with Gasteiger partial charge >= 0.3 is 5.97 Å². The lowest BCUT2D eigenvalue weighted by molar-refractivity contribution is 0.0698. The van der Waals surface area contributed by atoms with Crippen LogP contribution in [0.2, 0.25) is 0 Å². The second kappa shape index (κ2) is 4.54. The standard InChI is InChI=1S/C10H11FN2O4S/c11-6-1-4-8(10(14)15)9(5-6)13-18(16,17)12-7-2-3-7/h1,4-5,7,12-13H,2-3H2,(H,14,15). The van der Waals surface area contributed by atoms with Crippen molar-refractivity contribution in [3.63, 3.8) is 0 Å². The minimum atomic E-state index is -3.87. The van der Waals surface area contributed by atoms with Gasteiger partial charge in [0.2, 0.25) is 0 Å². The average molecular weight is 274 g/mol. The van der Waals surface area contributed by atoms with Crippen molar-refractivity contribution in [3.8, 4) is 0 Å². The summed E-state index contributed by atoms with van der Waals surface area (Å²) in [7, 11) is -3.87. The second-order valence-corrected chi connectivity index (χ2v) is 5.44. The Morgan fingerprint density at radius 3 is 2.61 bits per heavy atom. The molecule has 98 valence electrons. The Kier molecular flexibility index (Phi) is 3.22. The molecule has 1 fully saturated rings. The van der Waals surface area contributed by atoms with Gasteiger partial charge in [0.1, 0.15) is 5.82 Å². The van der Waals surface area contributed by atoms with E-state index in [0.29, 0.717) is 0 Å². The summed E-state index contributed by atoms with van der Waals surface area (Å²) < 4.78 is 40.5. The number of aromatic carboxylic acids is 1. The smallest absolute Gasteiger partial charge is 0.337 e. The van der Waals surface area contributed by atoms with E-state index >= 15 is 0 Å². The van der Waals surface area contributed by atoms with Gasteiger partial charge in [0.25, 0.3) is 10.2 Å². The lowest BCUT2D eigenvalue weighted by Gasteiger charge is -2.10. The van der Waals surface area contributed by atoms with Crippen molar-refractivity contribution in [2.24, 2.45) is 0 Å². The first-order valence-corrected chi connectivity index (χ1v) is 6.68. The number of hydrogen-bond acceptors (Lipinski definition) is 3. The van der Waals surface area contributed by atoms with Gasteiger partial charge in [0, 0.05) is 6.04 Å². The maximum absolute atomic E-state index is 13.0. The second-order valence-electron chi connectivity index (χ2n) is 3.99. The molecule has 6 nitrogen and oxygen atoms in total. The molecule has 0 aliphatic heterocycles. The summed E-state index contributed by atoms with van der Waals surface area (Å²) in [6, 6.07) is 2.67. The minimum Gasteiger partial charge on any atom is -0.478 e. The number of hydrogen-bond donors (Lipinski definition) is 3. The minimum absolute atomic E-state index is 0.121. The Bertz CT molecular complexity index is 584. The van der Waals surface area contributed by atoms with Crippen LogP contribution in [0.4, 0.5) is 10.1 Å². The van der Waals surface area contributed by atoms with Crippen LogP contribution in [0.15, 0.2) is 18.2 Å². The van der Waals surface area contributed by atoms with Crippen LogP contribution in [0.1, 0.15) is 23.2 Å². The van der Waals surface area contributed by atoms with E-state index in [2.05, 4.69) is 4.72 Å². The van der Waals surface area contributed by atoms with Crippen LogP contribution in [0.3, 0.4) is 0 Å². The number of carbonyl (C=O) groups is 1. The zero-order chi connectivity index (χ0) is 13.3. The van der Waals surface area contributed by atoms with Crippen LogP contribution in [-0.2, 0) is 10.2 Å². The molecule has 0 heterocycles. The average Bonchev–Trinajstić information content (AvgIpc) is 2.99. The quantitative estimate of drug-likeness (QED) is 0.744. The number of nitrogens with one attached hydrogen (secondary N) is 2. The van der Waals surface area contributed by atoms with Gasteiger partial charge in [0.15, 0.2) is 0 Å². The normalized spacial score (nSPS) is 15.4. The monoisotopic (exact) mass is 274 g/mol. The zero-order valence-electron chi connectivity index (χ0n) is 9.18. The van der Waals surface area contributed by atoms with Crippen LogP contribution in [0, 0.1) is 5.82 Å². The molecule has 1 aliphatic rings. The highest BCUT2D eigenvalue weighted by atomic mass is 32.2. The van der Waals surface area contributed by atoms with Crippen molar-refractivity contribution in [1.29, 1.82) is 0 Å². The fraction of sp³-hybridized carbons (Fsp3) is 0.300.